The Hall–Kier alpha value is -1.59. The van der Waals surface area contributed by atoms with Gasteiger partial charge in [-0.25, -0.2) is 0 Å². The third-order valence-corrected chi connectivity index (χ3v) is 3.22. The van der Waals surface area contributed by atoms with Crippen molar-refractivity contribution in [2.75, 3.05) is 25.5 Å². The first-order valence-electron chi connectivity index (χ1n) is 6.99. The number of carbonyl (C=O) groups is 2. The summed E-state index contributed by atoms with van der Waals surface area (Å²) in [7, 11) is 1.86. The van der Waals surface area contributed by atoms with E-state index in [2.05, 4.69) is 16.0 Å². The van der Waals surface area contributed by atoms with Gasteiger partial charge >= 0.3 is 0 Å². The second kappa shape index (κ2) is 8.64. The van der Waals surface area contributed by atoms with Gasteiger partial charge in [-0.2, -0.15) is 0 Å². The van der Waals surface area contributed by atoms with E-state index in [-0.39, 0.29) is 17.7 Å². The van der Waals surface area contributed by atoms with Crippen molar-refractivity contribution in [1.29, 1.82) is 0 Å². The van der Waals surface area contributed by atoms with Crippen LogP contribution in [0.1, 0.15) is 30.6 Å². The molecule has 0 spiro atoms. The Bertz CT molecular complexity index is 504. The number of hydrogen-bond donors (Lipinski definition) is 3. The summed E-state index contributed by atoms with van der Waals surface area (Å²) in [6.07, 6.45) is 0.837. The highest BCUT2D eigenvalue weighted by atomic mass is 35.5. The Labute approximate surface area is 130 Å². The monoisotopic (exact) mass is 311 g/mol. The molecule has 0 aliphatic heterocycles. The molecule has 0 unspecified atom stereocenters. The number of rotatable bonds is 7. The highest BCUT2D eigenvalue weighted by Gasteiger charge is 2.13. The van der Waals surface area contributed by atoms with Gasteiger partial charge in [-0.15, -0.1) is 0 Å². The average Bonchev–Trinajstić information content (AvgIpc) is 2.45. The van der Waals surface area contributed by atoms with E-state index in [1.54, 1.807) is 32.0 Å². The third-order valence-electron chi connectivity index (χ3n) is 2.89. The Kier molecular flexibility index (Phi) is 7.19. The zero-order valence-electron chi connectivity index (χ0n) is 12.6. The van der Waals surface area contributed by atoms with Crippen molar-refractivity contribution < 1.29 is 9.59 Å². The SMILES string of the molecule is CNCCCNC(=O)c1cc(NC(=O)C(C)C)ccc1Cl. The van der Waals surface area contributed by atoms with Gasteiger partial charge in [0.05, 0.1) is 10.6 Å². The number of benzene rings is 1. The minimum atomic E-state index is -0.239. The second-order valence-corrected chi connectivity index (χ2v) is 5.46. The molecule has 6 heteroatoms. The van der Waals surface area contributed by atoms with Crippen molar-refractivity contribution in [1.82, 2.24) is 10.6 Å². The van der Waals surface area contributed by atoms with Gasteiger partial charge in [0.1, 0.15) is 0 Å². The van der Waals surface area contributed by atoms with Crippen LogP contribution < -0.4 is 16.0 Å². The summed E-state index contributed by atoms with van der Waals surface area (Å²) < 4.78 is 0. The molecule has 0 radical (unpaired) electrons. The molecule has 0 aliphatic rings. The lowest BCUT2D eigenvalue weighted by atomic mass is 10.1. The lowest BCUT2D eigenvalue weighted by molar-refractivity contribution is -0.118. The minimum absolute atomic E-state index is 0.0994. The molecular formula is C15H22ClN3O2. The number of hydrogen-bond acceptors (Lipinski definition) is 3. The highest BCUT2D eigenvalue weighted by Crippen LogP contribution is 2.21. The van der Waals surface area contributed by atoms with Crippen LogP contribution in [-0.4, -0.2) is 32.0 Å². The van der Waals surface area contributed by atoms with Crippen molar-refractivity contribution in [2.45, 2.75) is 20.3 Å². The molecule has 2 amide bonds. The molecule has 3 N–H and O–H groups in total. The predicted molar refractivity (Wildman–Crippen MR) is 85.8 cm³/mol. The molecule has 0 saturated carbocycles. The summed E-state index contributed by atoms with van der Waals surface area (Å²) in [5, 5.41) is 8.93. The molecule has 0 heterocycles. The van der Waals surface area contributed by atoms with Crippen LogP contribution >= 0.6 is 11.6 Å². The van der Waals surface area contributed by atoms with Crippen LogP contribution in [0.4, 0.5) is 5.69 Å². The van der Waals surface area contributed by atoms with E-state index >= 15 is 0 Å². The van der Waals surface area contributed by atoms with E-state index in [0.717, 1.165) is 13.0 Å². The van der Waals surface area contributed by atoms with E-state index in [1.165, 1.54) is 0 Å². The zero-order valence-corrected chi connectivity index (χ0v) is 13.4. The maximum Gasteiger partial charge on any atom is 0.252 e. The second-order valence-electron chi connectivity index (χ2n) is 5.05. The van der Waals surface area contributed by atoms with Crippen LogP contribution in [0.3, 0.4) is 0 Å². The first kappa shape index (κ1) is 17.5. The van der Waals surface area contributed by atoms with Gasteiger partial charge in [-0.1, -0.05) is 25.4 Å². The van der Waals surface area contributed by atoms with Crippen molar-refractivity contribution in [3.05, 3.63) is 28.8 Å². The average molecular weight is 312 g/mol. The van der Waals surface area contributed by atoms with E-state index < -0.39 is 0 Å². The molecular weight excluding hydrogens is 290 g/mol. The quantitative estimate of drug-likeness (QED) is 0.677. The fourth-order valence-corrected chi connectivity index (χ4v) is 1.83. The fourth-order valence-electron chi connectivity index (χ4n) is 1.63. The van der Waals surface area contributed by atoms with Gasteiger partial charge in [0.2, 0.25) is 5.91 Å². The molecule has 0 aromatic heterocycles. The molecule has 0 bridgehead atoms. The number of carbonyl (C=O) groups excluding carboxylic acids is 2. The van der Waals surface area contributed by atoms with Crippen LogP contribution in [-0.2, 0) is 4.79 Å². The molecule has 1 rings (SSSR count). The normalized spacial score (nSPS) is 10.5. The van der Waals surface area contributed by atoms with Gasteiger partial charge in [-0.3, -0.25) is 9.59 Å². The van der Waals surface area contributed by atoms with Crippen LogP contribution in [0, 0.1) is 5.92 Å². The maximum atomic E-state index is 12.1. The number of anilines is 1. The number of nitrogens with one attached hydrogen (secondary N) is 3. The predicted octanol–water partition coefficient (Wildman–Crippen LogP) is 2.27. The lowest BCUT2D eigenvalue weighted by Crippen LogP contribution is -2.27. The van der Waals surface area contributed by atoms with Gasteiger partial charge in [-0.05, 0) is 38.2 Å². The Morgan fingerprint density at radius 3 is 2.57 bits per heavy atom. The van der Waals surface area contributed by atoms with E-state index in [0.29, 0.717) is 22.8 Å². The standard InChI is InChI=1S/C15H22ClN3O2/c1-10(2)14(20)19-11-5-6-13(16)12(9-11)15(21)18-8-4-7-17-3/h5-6,9-10,17H,4,7-8H2,1-3H3,(H,18,21)(H,19,20). The summed E-state index contributed by atoms with van der Waals surface area (Å²) in [6, 6.07) is 4.89. The Morgan fingerprint density at radius 2 is 1.95 bits per heavy atom. The van der Waals surface area contributed by atoms with Gasteiger partial charge in [0.25, 0.3) is 5.91 Å². The third kappa shape index (κ3) is 5.73. The molecule has 0 saturated heterocycles. The van der Waals surface area contributed by atoms with Crippen LogP contribution in [0.5, 0.6) is 0 Å². The van der Waals surface area contributed by atoms with Crippen LogP contribution in [0.25, 0.3) is 0 Å². The van der Waals surface area contributed by atoms with Crippen LogP contribution in [0.15, 0.2) is 18.2 Å². The molecule has 21 heavy (non-hydrogen) atoms. The Balaban J connectivity index is 2.72. The first-order valence-corrected chi connectivity index (χ1v) is 7.36. The minimum Gasteiger partial charge on any atom is -0.352 e. The fraction of sp³-hybridized carbons (Fsp3) is 0.467. The first-order chi connectivity index (χ1) is 9.95. The molecule has 5 nitrogen and oxygen atoms in total. The molecule has 0 atom stereocenters. The van der Waals surface area contributed by atoms with Gasteiger partial charge in [0, 0.05) is 18.2 Å². The highest BCUT2D eigenvalue weighted by molar-refractivity contribution is 6.34. The molecule has 0 aliphatic carbocycles. The van der Waals surface area contributed by atoms with E-state index in [4.69, 9.17) is 11.6 Å². The number of amides is 2. The van der Waals surface area contributed by atoms with Gasteiger partial charge in [0.15, 0.2) is 0 Å². The zero-order chi connectivity index (χ0) is 15.8. The van der Waals surface area contributed by atoms with Crippen molar-refractivity contribution in [3.8, 4) is 0 Å². The van der Waals surface area contributed by atoms with Crippen molar-refractivity contribution in [3.63, 3.8) is 0 Å². The molecule has 1 aromatic rings. The molecule has 0 fully saturated rings. The van der Waals surface area contributed by atoms with E-state index in [9.17, 15) is 9.59 Å². The summed E-state index contributed by atoms with van der Waals surface area (Å²) in [5.74, 6) is -0.464. The maximum absolute atomic E-state index is 12.1. The lowest BCUT2D eigenvalue weighted by Gasteiger charge is -2.11. The smallest absolute Gasteiger partial charge is 0.252 e. The van der Waals surface area contributed by atoms with Gasteiger partial charge < -0.3 is 16.0 Å². The topological polar surface area (TPSA) is 70.2 Å². The summed E-state index contributed by atoms with van der Waals surface area (Å²) >= 11 is 6.04. The summed E-state index contributed by atoms with van der Waals surface area (Å²) in [6.45, 7) is 5.01. The van der Waals surface area contributed by atoms with E-state index in [1.807, 2.05) is 7.05 Å². The molecule has 116 valence electrons. The molecule has 1 aromatic carbocycles. The van der Waals surface area contributed by atoms with Crippen LogP contribution in [0.2, 0.25) is 5.02 Å². The summed E-state index contributed by atoms with van der Waals surface area (Å²) in [4.78, 5) is 23.7. The van der Waals surface area contributed by atoms with Crippen molar-refractivity contribution in [2.24, 2.45) is 5.92 Å². The summed E-state index contributed by atoms with van der Waals surface area (Å²) in [5.41, 5.74) is 0.932. The van der Waals surface area contributed by atoms with Crippen molar-refractivity contribution >= 4 is 29.1 Å². The Morgan fingerprint density at radius 1 is 1.24 bits per heavy atom. The number of halogens is 1. The largest absolute Gasteiger partial charge is 0.352 e.